The lowest BCUT2D eigenvalue weighted by Gasteiger charge is -2.29. The van der Waals surface area contributed by atoms with Crippen molar-refractivity contribution in [1.82, 2.24) is 20.5 Å². The van der Waals surface area contributed by atoms with E-state index in [1.165, 1.54) is 41.9 Å². The maximum absolute atomic E-state index is 4.60. The zero-order valence-electron chi connectivity index (χ0n) is 16.9. The van der Waals surface area contributed by atoms with E-state index in [1.807, 2.05) is 7.05 Å². The molecule has 0 bridgehead atoms. The molecule has 1 aromatic carbocycles. The van der Waals surface area contributed by atoms with Crippen LogP contribution in [-0.4, -0.2) is 42.5 Å². The Labute approximate surface area is 166 Å². The van der Waals surface area contributed by atoms with Crippen LogP contribution < -0.4 is 10.6 Å². The third-order valence-corrected chi connectivity index (χ3v) is 6.28. The molecule has 3 rings (SSSR count). The number of hydrogen-bond donors (Lipinski definition) is 2. The van der Waals surface area contributed by atoms with E-state index >= 15 is 0 Å². The van der Waals surface area contributed by atoms with Crippen LogP contribution in [0.5, 0.6) is 0 Å². The van der Waals surface area contributed by atoms with Gasteiger partial charge in [0.2, 0.25) is 0 Å². The number of likely N-dealkylation sites (tertiary alicyclic amines) is 1. The normalized spacial score (nSPS) is 16.5. The minimum absolute atomic E-state index is 0.371. The highest BCUT2D eigenvalue weighted by Crippen LogP contribution is 2.25. The lowest BCUT2D eigenvalue weighted by atomic mass is 10.0. The standard InChI is InChI=1S/C21H31N5S/c1-15-7-9-18(10-8-15)19(26-11-5-6-12-26)13-23-21(22-4)24-14-20-25-16(2)17(3)27-20/h7-10,19H,5-6,11-14H2,1-4H3,(H2,22,23,24). The molecule has 1 aromatic heterocycles. The van der Waals surface area contributed by atoms with Crippen molar-refractivity contribution in [2.24, 2.45) is 4.99 Å². The Kier molecular flexibility index (Phi) is 6.85. The first-order chi connectivity index (χ1) is 13.1. The van der Waals surface area contributed by atoms with Crippen LogP contribution in [0.4, 0.5) is 0 Å². The van der Waals surface area contributed by atoms with Crippen LogP contribution in [-0.2, 0) is 6.54 Å². The van der Waals surface area contributed by atoms with Crippen molar-refractivity contribution in [3.8, 4) is 0 Å². The van der Waals surface area contributed by atoms with Crippen LogP contribution in [0, 0.1) is 20.8 Å². The topological polar surface area (TPSA) is 52.6 Å². The molecule has 0 aliphatic carbocycles. The summed E-state index contributed by atoms with van der Waals surface area (Å²) in [7, 11) is 1.82. The van der Waals surface area contributed by atoms with Crippen LogP contribution >= 0.6 is 11.3 Å². The van der Waals surface area contributed by atoms with Gasteiger partial charge in [-0.15, -0.1) is 11.3 Å². The zero-order valence-corrected chi connectivity index (χ0v) is 17.7. The summed E-state index contributed by atoms with van der Waals surface area (Å²) in [6, 6.07) is 9.31. The van der Waals surface area contributed by atoms with Crippen molar-refractivity contribution in [3.05, 3.63) is 51.0 Å². The Hall–Kier alpha value is -1.92. The maximum atomic E-state index is 4.60. The Morgan fingerprint density at radius 1 is 1.15 bits per heavy atom. The summed E-state index contributed by atoms with van der Waals surface area (Å²) in [5.41, 5.74) is 3.79. The monoisotopic (exact) mass is 385 g/mol. The summed E-state index contributed by atoms with van der Waals surface area (Å²) in [5.74, 6) is 0.830. The van der Waals surface area contributed by atoms with E-state index in [4.69, 9.17) is 0 Å². The number of aliphatic imine (C=N–C) groups is 1. The Morgan fingerprint density at radius 3 is 2.44 bits per heavy atom. The van der Waals surface area contributed by atoms with Gasteiger partial charge in [0.25, 0.3) is 0 Å². The van der Waals surface area contributed by atoms with E-state index < -0.39 is 0 Å². The molecule has 27 heavy (non-hydrogen) atoms. The Morgan fingerprint density at radius 2 is 1.85 bits per heavy atom. The lowest BCUT2D eigenvalue weighted by molar-refractivity contribution is 0.245. The molecule has 6 heteroatoms. The zero-order chi connectivity index (χ0) is 19.2. The van der Waals surface area contributed by atoms with E-state index in [1.54, 1.807) is 11.3 Å². The molecule has 0 saturated carbocycles. The van der Waals surface area contributed by atoms with Gasteiger partial charge in [0, 0.05) is 18.5 Å². The molecule has 2 heterocycles. The number of aromatic nitrogens is 1. The summed E-state index contributed by atoms with van der Waals surface area (Å²) in [4.78, 5) is 12.8. The molecule has 146 valence electrons. The van der Waals surface area contributed by atoms with Crippen molar-refractivity contribution < 1.29 is 0 Å². The van der Waals surface area contributed by atoms with Crippen molar-refractivity contribution in [3.63, 3.8) is 0 Å². The van der Waals surface area contributed by atoms with E-state index in [0.717, 1.165) is 23.2 Å². The average molecular weight is 386 g/mol. The smallest absolute Gasteiger partial charge is 0.191 e. The quantitative estimate of drug-likeness (QED) is 0.590. The second-order valence-corrected chi connectivity index (χ2v) is 8.51. The molecular weight excluding hydrogens is 354 g/mol. The van der Waals surface area contributed by atoms with E-state index in [9.17, 15) is 0 Å². The van der Waals surface area contributed by atoms with Crippen molar-refractivity contribution in [1.29, 1.82) is 0 Å². The molecule has 5 nitrogen and oxygen atoms in total. The minimum Gasteiger partial charge on any atom is -0.354 e. The molecule has 1 atom stereocenters. The molecule has 1 aliphatic heterocycles. The van der Waals surface area contributed by atoms with Crippen molar-refractivity contribution in [2.45, 2.75) is 46.2 Å². The summed E-state index contributed by atoms with van der Waals surface area (Å²) in [6.07, 6.45) is 2.58. The summed E-state index contributed by atoms with van der Waals surface area (Å²) in [6.45, 7) is 10.2. The van der Waals surface area contributed by atoms with Gasteiger partial charge in [0.15, 0.2) is 5.96 Å². The van der Waals surface area contributed by atoms with Gasteiger partial charge < -0.3 is 10.6 Å². The number of rotatable bonds is 6. The summed E-state index contributed by atoms with van der Waals surface area (Å²) in [5, 5.41) is 8.03. The van der Waals surface area contributed by atoms with Crippen LogP contribution in [0.1, 0.15) is 45.6 Å². The van der Waals surface area contributed by atoms with Gasteiger partial charge in [0.1, 0.15) is 5.01 Å². The highest BCUT2D eigenvalue weighted by Gasteiger charge is 2.23. The molecule has 0 amide bonds. The van der Waals surface area contributed by atoms with Gasteiger partial charge in [-0.25, -0.2) is 4.98 Å². The van der Waals surface area contributed by atoms with Crippen molar-refractivity contribution >= 4 is 17.3 Å². The average Bonchev–Trinajstić information content (AvgIpc) is 3.30. The highest BCUT2D eigenvalue weighted by molar-refractivity contribution is 7.11. The maximum Gasteiger partial charge on any atom is 0.191 e. The largest absolute Gasteiger partial charge is 0.354 e. The summed E-state index contributed by atoms with van der Waals surface area (Å²) < 4.78 is 0. The number of hydrogen-bond acceptors (Lipinski definition) is 4. The second kappa shape index (κ2) is 9.33. The molecular formula is C21H31N5S. The van der Waals surface area contributed by atoms with Crippen molar-refractivity contribution in [2.75, 3.05) is 26.7 Å². The van der Waals surface area contributed by atoms with Gasteiger partial charge >= 0.3 is 0 Å². The predicted molar refractivity (Wildman–Crippen MR) is 115 cm³/mol. The molecule has 2 N–H and O–H groups in total. The fraction of sp³-hybridized carbons (Fsp3) is 0.524. The van der Waals surface area contributed by atoms with Gasteiger partial charge in [-0.2, -0.15) is 0 Å². The number of aryl methyl sites for hydroxylation is 3. The van der Waals surface area contributed by atoms with Gasteiger partial charge in [-0.1, -0.05) is 29.8 Å². The molecule has 1 saturated heterocycles. The highest BCUT2D eigenvalue weighted by atomic mass is 32.1. The van der Waals surface area contributed by atoms with Crippen LogP contribution in [0.3, 0.4) is 0 Å². The predicted octanol–water partition coefficient (Wildman–Crippen LogP) is 3.57. The Bertz CT molecular complexity index is 740. The summed E-state index contributed by atoms with van der Waals surface area (Å²) >= 11 is 1.75. The minimum atomic E-state index is 0.371. The first-order valence-corrected chi connectivity index (χ1v) is 10.6. The first kappa shape index (κ1) is 19.8. The third kappa shape index (κ3) is 5.30. The van der Waals surface area contributed by atoms with Crippen LogP contribution in [0.25, 0.3) is 0 Å². The van der Waals surface area contributed by atoms with E-state index in [2.05, 4.69) is 70.5 Å². The lowest BCUT2D eigenvalue weighted by Crippen LogP contribution is -2.42. The number of nitrogens with one attached hydrogen (secondary N) is 2. The number of benzene rings is 1. The van der Waals surface area contributed by atoms with Crippen LogP contribution in [0.2, 0.25) is 0 Å². The molecule has 1 unspecified atom stereocenters. The van der Waals surface area contributed by atoms with Gasteiger partial charge in [-0.3, -0.25) is 9.89 Å². The Balaban J connectivity index is 1.61. The van der Waals surface area contributed by atoms with E-state index in [-0.39, 0.29) is 0 Å². The van der Waals surface area contributed by atoms with Gasteiger partial charge in [-0.05, 0) is 52.3 Å². The first-order valence-electron chi connectivity index (χ1n) is 9.75. The number of nitrogens with zero attached hydrogens (tertiary/aromatic N) is 3. The molecule has 1 fully saturated rings. The molecule has 0 radical (unpaired) electrons. The fourth-order valence-corrected chi connectivity index (χ4v) is 4.36. The fourth-order valence-electron chi connectivity index (χ4n) is 3.49. The van der Waals surface area contributed by atoms with Gasteiger partial charge in [0.05, 0.1) is 18.3 Å². The number of guanidine groups is 1. The van der Waals surface area contributed by atoms with E-state index in [0.29, 0.717) is 12.6 Å². The molecule has 1 aliphatic rings. The third-order valence-electron chi connectivity index (χ3n) is 5.21. The second-order valence-electron chi connectivity index (χ2n) is 7.23. The molecule has 2 aromatic rings. The number of thiazole rings is 1. The molecule has 0 spiro atoms. The van der Waals surface area contributed by atoms with Crippen LogP contribution in [0.15, 0.2) is 29.3 Å². The SMILES string of the molecule is CN=C(NCc1nc(C)c(C)s1)NCC(c1ccc(C)cc1)N1CCCC1.